The van der Waals surface area contributed by atoms with Gasteiger partial charge in [0.05, 0.1) is 32.5 Å². The molecule has 2 heterocycles. The molecule has 1 atom stereocenters. The van der Waals surface area contributed by atoms with E-state index in [1.54, 1.807) is 0 Å². The predicted octanol–water partition coefficient (Wildman–Crippen LogP) is 3.61. The zero-order valence-electron chi connectivity index (χ0n) is 23.8. The molecule has 214 valence electrons. The van der Waals surface area contributed by atoms with Gasteiger partial charge < -0.3 is 29.0 Å². The van der Waals surface area contributed by atoms with E-state index in [0.29, 0.717) is 45.8 Å². The molecule has 39 heavy (non-hydrogen) atoms. The van der Waals surface area contributed by atoms with Gasteiger partial charge in [-0.15, -0.1) is 0 Å². The van der Waals surface area contributed by atoms with Crippen LogP contribution < -0.4 is 9.47 Å². The first-order valence-electron chi connectivity index (χ1n) is 14.2. The van der Waals surface area contributed by atoms with E-state index in [1.807, 2.05) is 25.1 Å². The molecule has 0 bridgehead atoms. The van der Waals surface area contributed by atoms with E-state index in [0.717, 1.165) is 55.4 Å². The highest BCUT2D eigenvalue weighted by Gasteiger charge is 2.18. The quantitative estimate of drug-likeness (QED) is 0.305. The van der Waals surface area contributed by atoms with Gasteiger partial charge in [0.15, 0.2) is 11.5 Å². The van der Waals surface area contributed by atoms with Crippen LogP contribution in [0.25, 0.3) is 10.9 Å². The molecule has 1 fully saturated rings. The van der Waals surface area contributed by atoms with Gasteiger partial charge in [0, 0.05) is 62.5 Å². The van der Waals surface area contributed by atoms with Gasteiger partial charge in [-0.3, -0.25) is 9.80 Å². The van der Waals surface area contributed by atoms with Gasteiger partial charge in [-0.1, -0.05) is 24.3 Å². The Kier molecular flexibility index (Phi) is 11.1. The Morgan fingerprint density at radius 2 is 1.85 bits per heavy atom. The van der Waals surface area contributed by atoms with Gasteiger partial charge in [-0.25, -0.2) is 0 Å². The van der Waals surface area contributed by atoms with Crippen LogP contribution in [0, 0.1) is 13.8 Å². The summed E-state index contributed by atoms with van der Waals surface area (Å²) in [7, 11) is 0. The van der Waals surface area contributed by atoms with E-state index < -0.39 is 6.10 Å². The Bertz CT molecular complexity index is 1170. The number of hydrogen-bond acceptors (Lipinski definition) is 7. The number of morpholine rings is 1. The Morgan fingerprint density at radius 1 is 1.05 bits per heavy atom. The monoisotopic (exact) mass is 539 g/mol. The largest absolute Gasteiger partial charge is 0.490 e. The third-order valence-electron chi connectivity index (χ3n) is 7.52. The average Bonchev–Trinajstić information content (AvgIpc) is 3.18. The lowest BCUT2D eigenvalue weighted by Gasteiger charge is -2.27. The molecular weight excluding hydrogens is 494 g/mol. The minimum atomic E-state index is -0.549. The lowest BCUT2D eigenvalue weighted by atomic mass is 10.1. The van der Waals surface area contributed by atoms with Crippen molar-refractivity contribution in [1.29, 1.82) is 0 Å². The van der Waals surface area contributed by atoms with Crippen molar-refractivity contribution in [3.05, 3.63) is 59.3 Å². The van der Waals surface area contributed by atoms with Crippen LogP contribution in [0.2, 0.25) is 0 Å². The molecule has 0 saturated carbocycles. The van der Waals surface area contributed by atoms with Crippen LogP contribution in [0.3, 0.4) is 0 Å². The molecule has 0 amide bonds. The zero-order chi connectivity index (χ0) is 27.6. The molecule has 2 aromatic carbocycles. The Hall–Kier alpha value is -2.62. The highest BCUT2D eigenvalue weighted by Crippen LogP contribution is 2.29. The van der Waals surface area contributed by atoms with Crippen LogP contribution in [0.1, 0.15) is 30.2 Å². The number of rotatable bonds is 15. The van der Waals surface area contributed by atoms with Gasteiger partial charge in [0.1, 0.15) is 6.61 Å². The first-order chi connectivity index (χ1) is 19.0. The highest BCUT2D eigenvalue weighted by molar-refractivity contribution is 5.85. The molecule has 1 saturated heterocycles. The molecule has 8 nitrogen and oxygen atoms in total. The fourth-order valence-corrected chi connectivity index (χ4v) is 5.34. The van der Waals surface area contributed by atoms with Crippen molar-refractivity contribution in [3.63, 3.8) is 0 Å². The summed E-state index contributed by atoms with van der Waals surface area (Å²) in [6, 6.07) is 14.5. The Morgan fingerprint density at radius 3 is 2.62 bits per heavy atom. The number of aryl methyl sites for hydroxylation is 1. The Labute approximate surface area is 232 Å². The van der Waals surface area contributed by atoms with Crippen molar-refractivity contribution in [3.8, 4) is 11.5 Å². The SMILES string of the molecule is CCOc1cc(CN(CCCO)CC(O)Cn2c(C)c(C)c3ccccc32)ccc1OCCN1CCOCC1. The number of hydrogen-bond donors (Lipinski definition) is 2. The van der Waals surface area contributed by atoms with E-state index in [9.17, 15) is 10.2 Å². The molecule has 1 aliphatic rings. The summed E-state index contributed by atoms with van der Waals surface area (Å²) in [6.07, 6.45) is 0.102. The molecule has 8 heteroatoms. The summed E-state index contributed by atoms with van der Waals surface area (Å²) in [5.74, 6) is 1.49. The second-order valence-electron chi connectivity index (χ2n) is 10.3. The van der Waals surface area contributed by atoms with Crippen LogP contribution in [0.4, 0.5) is 0 Å². The smallest absolute Gasteiger partial charge is 0.161 e. The molecular formula is C31H45N3O5. The van der Waals surface area contributed by atoms with E-state index in [1.165, 1.54) is 16.6 Å². The van der Waals surface area contributed by atoms with E-state index >= 15 is 0 Å². The fourth-order valence-electron chi connectivity index (χ4n) is 5.34. The third kappa shape index (κ3) is 7.96. The molecule has 4 rings (SSSR count). The fraction of sp³-hybridized carbons (Fsp3) is 0.548. The standard InChI is InChI=1S/C31H45N3O5/c1-4-38-31-20-26(10-11-30(31)39-19-15-32-13-17-37-18-14-32)21-33(12-7-16-35)22-27(36)23-34-25(3)24(2)28-8-5-6-9-29(28)34/h5-6,8-11,20,27,35-36H,4,7,12-19,21-23H2,1-3H3. The van der Waals surface area contributed by atoms with Crippen LogP contribution in [0.15, 0.2) is 42.5 Å². The van der Waals surface area contributed by atoms with Crippen molar-refractivity contribution in [2.45, 2.75) is 46.4 Å². The number of aromatic nitrogens is 1. The molecule has 3 aromatic rings. The molecule has 0 spiro atoms. The minimum absolute atomic E-state index is 0.118. The molecule has 0 radical (unpaired) electrons. The average molecular weight is 540 g/mol. The third-order valence-corrected chi connectivity index (χ3v) is 7.52. The summed E-state index contributed by atoms with van der Waals surface area (Å²) >= 11 is 0. The van der Waals surface area contributed by atoms with E-state index in [-0.39, 0.29) is 6.61 Å². The van der Waals surface area contributed by atoms with Crippen molar-refractivity contribution >= 4 is 10.9 Å². The maximum atomic E-state index is 11.1. The van der Waals surface area contributed by atoms with E-state index in [2.05, 4.69) is 52.5 Å². The van der Waals surface area contributed by atoms with Crippen molar-refractivity contribution in [2.75, 3.05) is 65.8 Å². The number of para-hydroxylation sites is 1. The maximum absolute atomic E-state index is 11.1. The number of fused-ring (bicyclic) bond motifs is 1. The summed E-state index contributed by atoms with van der Waals surface area (Å²) in [6.45, 7) is 14.2. The van der Waals surface area contributed by atoms with Crippen LogP contribution in [-0.4, -0.2) is 96.4 Å². The first-order valence-corrected chi connectivity index (χ1v) is 14.2. The lowest BCUT2D eigenvalue weighted by Crippen LogP contribution is -2.38. The summed E-state index contributed by atoms with van der Waals surface area (Å²) in [5.41, 5.74) is 4.68. The number of benzene rings is 2. The van der Waals surface area contributed by atoms with Gasteiger partial charge >= 0.3 is 0 Å². The van der Waals surface area contributed by atoms with Crippen LogP contribution in [-0.2, 0) is 17.8 Å². The number of ether oxygens (including phenoxy) is 3. The van der Waals surface area contributed by atoms with Crippen molar-refractivity contribution < 1.29 is 24.4 Å². The van der Waals surface area contributed by atoms with Gasteiger partial charge in [0.25, 0.3) is 0 Å². The molecule has 2 N–H and O–H groups in total. The van der Waals surface area contributed by atoms with E-state index in [4.69, 9.17) is 14.2 Å². The summed E-state index contributed by atoms with van der Waals surface area (Å²) < 4.78 is 19.7. The van der Waals surface area contributed by atoms with Gasteiger partial charge in [0.2, 0.25) is 0 Å². The topological polar surface area (TPSA) is 79.6 Å². The van der Waals surface area contributed by atoms with Gasteiger partial charge in [-0.2, -0.15) is 0 Å². The minimum Gasteiger partial charge on any atom is -0.490 e. The second kappa shape index (κ2) is 14.7. The van der Waals surface area contributed by atoms with Gasteiger partial charge in [-0.05, 0) is 56.5 Å². The number of aliphatic hydroxyl groups is 2. The van der Waals surface area contributed by atoms with Crippen molar-refractivity contribution in [1.82, 2.24) is 14.4 Å². The molecule has 1 unspecified atom stereocenters. The summed E-state index contributed by atoms with van der Waals surface area (Å²) in [5, 5.41) is 21.9. The lowest BCUT2D eigenvalue weighted by molar-refractivity contribution is 0.0320. The van der Waals surface area contributed by atoms with Crippen molar-refractivity contribution in [2.24, 2.45) is 0 Å². The zero-order valence-corrected chi connectivity index (χ0v) is 23.8. The summed E-state index contributed by atoms with van der Waals surface area (Å²) in [4.78, 5) is 4.56. The first kappa shape index (κ1) is 29.4. The predicted molar refractivity (Wildman–Crippen MR) is 155 cm³/mol. The highest BCUT2D eigenvalue weighted by atomic mass is 16.5. The van der Waals surface area contributed by atoms with Crippen LogP contribution in [0.5, 0.6) is 11.5 Å². The maximum Gasteiger partial charge on any atom is 0.161 e. The second-order valence-corrected chi connectivity index (χ2v) is 10.3. The molecule has 0 aliphatic carbocycles. The van der Waals surface area contributed by atoms with Crippen LogP contribution >= 0.6 is 0 Å². The molecule has 1 aliphatic heterocycles. The number of nitrogens with zero attached hydrogens (tertiary/aromatic N) is 3. The number of aliphatic hydroxyl groups excluding tert-OH is 2. The molecule has 1 aromatic heterocycles. The normalized spacial score (nSPS) is 15.2. The Balaban J connectivity index is 1.40.